The van der Waals surface area contributed by atoms with Gasteiger partial charge in [-0.05, 0) is 34.7 Å². The molecule has 1 aromatic carbocycles. The van der Waals surface area contributed by atoms with Crippen molar-refractivity contribution in [2.24, 2.45) is 0 Å². The summed E-state index contributed by atoms with van der Waals surface area (Å²) in [6.07, 6.45) is 0. The fourth-order valence-corrected chi connectivity index (χ4v) is 1.73. The Kier molecular flexibility index (Phi) is 2.95. The van der Waals surface area contributed by atoms with E-state index in [4.69, 9.17) is 9.52 Å². The van der Waals surface area contributed by atoms with Crippen LogP contribution in [0.1, 0.15) is 16.4 Å². The summed E-state index contributed by atoms with van der Waals surface area (Å²) < 4.78 is 6.39. The van der Waals surface area contributed by atoms with Crippen LogP contribution in [0, 0.1) is 10.5 Å². The molecule has 1 heterocycles. The van der Waals surface area contributed by atoms with E-state index in [9.17, 15) is 4.79 Å². The van der Waals surface area contributed by atoms with Gasteiger partial charge in [-0.1, -0.05) is 12.1 Å². The molecule has 0 fully saturated rings. The summed E-state index contributed by atoms with van der Waals surface area (Å²) in [4.78, 5) is 14.8. The monoisotopic (exact) mass is 329 g/mol. The van der Waals surface area contributed by atoms with Crippen molar-refractivity contribution in [3.8, 4) is 11.3 Å². The Bertz CT molecular complexity index is 531. The van der Waals surface area contributed by atoms with Gasteiger partial charge >= 0.3 is 5.97 Å². The van der Waals surface area contributed by atoms with Gasteiger partial charge in [0.1, 0.15) is 0 Å². The molecular formula is C11H8INO3. The normalized spacial score (nSPS) is 10.4. The number of rotatable bonds is 2. The van der Waals surface area contributed by atoms with E-state index in [0.29, 0.717) is 11.7 Å². The first kappa shape index (κ1) is 11.1. The van der Waals surface area contributed by atoms with Crippen LogP contribution in [-0.2, 0) is 0 Å². The topological polar surface area (TPSA) is 63.3 Å². The molecule has 1 N–H and O–H groups in total. The second kappa shape index (κ2) is 4.25. The molecule has 2 aromatic rings. The molecule has 0 unspecified atom stereocenters. The Balaban J connectivity index is 2.55. The summed E-state index contributed by atoms with van der Waals surface area (Å²) in [6.45, 7) is 1.63. The van der Waals surface area contributed by atoms with E-state index in [1.54, 1.807) is 6.92 Å². The van der Waals surface area contributed by atoms with E-state index in [2.05, 4.69) is 27.6 Å². The van der Waals surface area contributed by atoms with Crippen molar-refractivity contribution in [1.82, 2.24) is 4.98 Å². The van der Waals surface area contributed by atoms with Crippen LogP contribution in [0.5, 0.6) is 0 Å². The first-order valence-corrected chi connectivity index (χ1v) is 5.62. The molecule has 0 atom stereocenters. The highest BCUT2D eigenvalue weighted by molar-refractivity contribution is 14.1. The maximum absolute atomic E-state index is 11.0. The summed E-state index contributed by atoms with van der Waals surface area (Å²) >= 11 is 2.18. The Hall–Kier alpha value is -1.37. The minimum atomic E-state index is -1.08. The van der Waals surface area contributed by atoms with E-state index in [1.165, 1.54) is 0 Å². The fourth-order valence-electron chi connectivity index (χ4n) is 1.37. The van der Waals surface area contributed by atoms with Crippen LogP contribution in [0.2, 0.25) is 0 Å². The maximum Gasteiger partial charge on any atom is 0.358 e. The lowest BCUT2D eigenvalue weighted by Gasteiger charge is -1.97. The third kappa shape index (κ3) is 2.08. The minimum absolute atomic E-state index is 0.0429. The standard InChI is InChI=1S/C11H8INO3/c1-6-13-9(11(14)15)10(16-6)7-2-4-8(12)5-3-7/h2-5H,1H3,(H,14,15). The lowest BCUT2D eigenvalue weighted by Crippen LogP contribution is -1.98. The maximum atomic E-state index is 11.0. The quantitative estimate of drug-likeness (QED) is 0.861. The van der Waals surface area contributed by atoms with E-state index in [-0.39, 0.29) is 5.69 Å². The number of aryl methyl sites for hydroxylation is 1. The first-order chi connectivity index (χ1) is 7.58. The Morgan fingerprint density at radius 2 is 2.00 bits per heavy atom. The second-order valence-corrected chi connectivity index (χ2v) is 4.47. The molecule has 0 saturated heterocycles. The number of hydrogen-bond donors (Lipinski definition) is 1. The number of carboxylic acid groups (broad SMARTS) is 1. The van der Waals surface area contributed by atoms with Gasteiger partial charge < -0.3 is 9.52 Å². The van der Waals surface area contributed by atoms with E-state index in [1.807, 2.05) is 24.3 Å². The number of benzene rings is 1. The van der Waals surface area contributed by atoms with Gasteiger partial charge in [-0.3, -0.25) is 0 Å². The first-order valence-electron chi connectivity index (χ1n) is 4.54. The average Bonchev–Trinajstić information content (AvgIpc) is 2.61. The number of nitrogens with zero attached hydrogens (tertiary/aromatic N) is 1. The fraction of sp³-hybridized carbons (Fsp3) is 0.0909. The zero-order chi connectivity index (χ0) is 11.7. The molecule has 0 radical (unpaired) electrons. The van der Waals surface area contributed by atoms with Gasteiger partial charge in [0, 0.05) is 16.1 Å². The number of hydrogen-bond acceptors (Lipinski definition) is 3. The molecule has 0 aliphatic carbocycles. The van der Waals surface area contributed by atoms with Crippen LogP contribution < -0.4 is 0 Å². The van der Waals surface area contributed by atoms with Gasteiger partial charge in [0.15, 0.2) is 17.3 Å². The molecule has 4 nitrogen and oxygen atoms in total. The van der Waals surface area contributed by atoms with Gasteiger partial charge in [0.25, 0.3) is 0 Å². The van der Waals surface area contributed by atoms with Gasteiger partial charge in [-0.15, -0.1) is 0 Å². The van der Waals surface area contributed by atoms with E-state index in [0.717, 1.165) is 9.13 Å². The highest BCUT2D eigenvalue weighted by Crippen LogP contribution is 2.25. The van der Waals surface area contributed by atoms with Crippen molar-refractivity contribution >= 4 is 28.6 Å². The molecule has 5 heteroatoms. The van der Waals surface area contributed by atoms with Crippen molar-refractivity contribution in [1.29, 1.82) is 0 Å². The SMILES string of the molecule is Cc1nc(C(=O)O)c(-c2ccc(I)cc2)o1. The summed E-state index contributed by atoms with van der Waals surface area (Å²) in [6, 6.07) is 7.40. The van der Waals surface area contributed by atoms with Crippen molar-refractivity contribution < 1.29 is 14.3 Å². The minimum Gasteiger partial charge on any atom is -0.476 e. The molecular weight excluding hydrogens is 321 g/mol. The Labute approximate surface area is 105 Å². The molecule has 0 saturated carbocycles. The lowest BCUT2D eigenvalue weighted by molar-refractivity contribution is 0.0691. The zero-order valence-electron chi connectivity index (χ0n) is 8.40. The van der Waals surface area contributed by atoms with Crippen molar-refractivity contribution in [2.45, 2.75) is 6.92 Å². The number of aromatic nitrogens is 1. The van der Waals surface area contributed by atoms with E-state index >= 15 is 0 Å². The molecule has 16 heavy (non-hydrogen) atoms. The van der Waals surface area contributed by atoms with Gasteiger partial charge in [-0.2, -0.15) is 0 Å². The molecule has 0 bridgehead atoms. The molecule has 0 aliphatic rings. The Morgan fingerprint density at radius 3 is 2.56 bits per heavy atom. The number of carbonyl (C=O) groups is 1. The van der Waals surface area contributed by atoms with Crippen molar-refractivity contribution in [3.63, 3.8) is 0 Å². The highest BCUT2D eigenvalue weighted by atomic mass is 127. The number of halogens is 1. The predicted molar refractivity (Wildman–Crippen MR) is 66.4 cm³/mol. The molecule has 0 spiro atoms. The lowest BCUT2D eigenvalue weighted by atomic mass is 10.1. The zero-order valence-corrected chi connectivity index (χ0v) is 10.6. The van der Waals surface area contributed by atoms with Crippen LogP contribution in [0.3, 0.4) is 0 Å². The van der Waals surface area contributed by atoms with Crippen molar-refractivity contribution in [3.05, 3.63) is 39.4 Å². The molecule has 2 rings (SSSR count). The number of oxazole rings is 1. The smallest absolute Gasteiger partial charge is 0.358 e. The average molecular weight is 329 g/mol. The molecule has 1 aromatic heterocycles. The molecule has 0 amide bonds. The van der Waals surface area contributed by atoms with Crippen LogP contribution in [0.25, 0.3) is 11.3 Å². The third-order valence-corrected chi connectivity index (χ3v) is 2.76. The van der Waals surface area contributed by atoms with Crippen LogP contribution in [0.4, 0.5) is 0 Å². The largest absolute Gasteiger partial charge is 0.476 e. The highest BCUT2D eigenvalue weighted by Gasteiger charge is 2.18. The summed E-state index contributed by atoms with van der Waals surface area (Å²) in [7, 11) is 0. The summed E-state index contributed by atoms with van der Waals surface area (Å²) in [5.74, 6) is -0.419. The third-order valence-electron chi connectivity index (χ3n) is 2.04. The van der Waals surface area contributed by atoms with E-state index < -0.39 is 5.97 Å². The van der Waals surface area contributed by atoms with Gasteiger partial charge in [-0.25, -0.2) is 9.78 Å². The number of aromatic carboxylic acids is 1. The molecule has 82 valence electrons. The molecule has 0 aliphatic heterocycles. The second-order valence-electron chi connectivity index (χ2n) is 3.22. The van der Waals surface area contributed by atoms with Crippen LogP contribution in [0.15, 0.2) is 28.7 Å². The van der Waals surface area contributed by atoms with Crippen LogP contribution >= 0.6 is 22.6 Å². The van der Waals surface area contributed by atoms with Crippen LogP contribution in [-0.4, -0.2) is 16.1 Å². The van der Waals surface area contributed by atoms with Gasteiger partial charge in [0.2, 0.25) is 0 Å². The number of carboxylic acids is 1. The Morgan fingerprint density at radius 1 is 1.38 bits per heavy atom. The summed E-state index contributed by atoms with van der Waals surface area (Å²) in [5, 5.41) is 8.97. The predicted octanol–water partition coefficient (Wildman–Crippen LogP) is 2.95. The van der Waals surface area contributed by atoms with Crippen molar-refractivity contribution in [2.75, 3.05) is 0 Å². The van der Waals surface area contributed by atoms with Gasteiger partial charge in [0.05, 0.1) is 0 Å². The summed E-state index contributed by atoms with van der Waals surface area (Å²) in [5.41, 5.74) is 0.678.